The summed E-state index contributed by atoms with van der Waals surface area (Å²) in [6.45, 7) is 5.11. The molecule has 1 fully saturated rings. The number of hydrogen-bond donors (Lipinski definition) is 0. The van der Waals surface area contributed by atoms with E-state index in [9.17, 15) is 9.59 Å². The van der Waals surface area contributed by atoms with Crippen molar-refractivity contribution >= 4 is 28.5 Å². The van der Waals surface area contributed by atoms with Gasteiger partial charge in [0, 0.05) is 34.3 Å². The summed E-state index contributed by atoms with van der Waals surface area (Å²) in [6, 6.07) is 15.5. The van der Waals surface area contributed by atoms with Crippen LogP contribution in [0, 0.1) is 5.41 Å². The van der Waals surface area contributed by atoms with Gasteiger partial charge in [-0.05, 0) is 77.0 Å². The first-order chi connectivity index (χ1) is 16.8. The Morgan fingerprint density at radius 1 is 0.971 bits per heavy atom. The number of ketones is 2. The van der Waals surface area contributed by atoms with Crippen LogP contribution in [0.2, 0.25) is 0 Å². The first-order valence-electron chi connectivity index (χ1n) is 13.0. The topological polar surface area (TPSA) is 42.3 Å². The number of rotatable bonds is 6. The number of Topliss-reactive ketones (excluding diaryl/α,β-unsaturated/α-hetero) is 1. The molecule has 3 aromatic rings. The fourth-order valence-corrected chi connectivity index (χ4v) is 6.45. The highest BCUT2D eigenvalue weighted by Crippen LogP contribution is 2.45. The quantitative estimate of drug-likeness (QED) is 0.399. The third-order valence-corrected chi connectivity index (χ3v) is 8.46. The number of benzene rings is 2. The van der Waals surface area contributed by atoms with E-state index in [1.165, 1.54) is 17.7 Å². The minimum atomic E-state index is -0.569. The van der Waals surface area contributed by atoms with Crippen molar-refractivity contribution < 1.29 is 9.59 Å². The van der Waals surface area contributed by atoms with Crippen LogP contribution >= 0.6 is 0 Å². The van der Waals surface area contributed by atoms with Gasteiger partial charge in [-0.3, -0.25) is 14.5 Å². The summed E-state index contributed by atoms with van der Waals surface area (Å²) in [5.41, 5.74) is 3.91. The van der Waals surface area contributed by atoms with Gasteiger partial charge in [-0.25, -0.2) is 0 Å². The SMILES string of the molecule is CCn1c2c(c3cc(C(=O)c4ccccc4)ccc31)CC(C)(C(=O)C1(N(C)C)CCCCC1)C=C2. The zero-order chi connectivity index (χ0) is 24.8. The predicted molar refractivity (Wildman–Crippen MR) is 143 cm³/mol. The van der Waals surface area contributed by atoms with Crippen molar-refractivity contribution in [3.63, 3.8) is 0 Å². The Morgan fingerprint density at radius 2 is 1.69 bits per heavy atom. The molecule has 2 aromatic carbocycles. The second-order valence-corrected chi connectivity index (χ2v) is 10.8. The van der Waals surface area contributed by atoms with Crippen LogP contribution in [0.5, 0.6) is 0 Å². The lowest BCUT2D eigenvalue weighted by Gasteiger charge is -2.46. The highest BCUT2D eigenvalue weighted by Gasteiger charge is 2.49. The number of hydrogen-bond acceptors (Lipinski definition) is 3. The van der Waals surface area contributed by atoms with Gasteiger partial charge in [0.1, 0.15) is 0 Å². The molecule has 4 heteroatoms. The minimum Gasteiger partial charge on any atom is -0.341 e. The number of allylic oxidation sites excluding steroid dienone is 1. The Bertz CT molecular complexity index is 1310. The largest absolute Gasteiger partial charge is 0.341 e. The minimum absolute atomic E-state index is 0.0319. The summed E-state index contributed by atoms with van der Waals surface area (Å²) in [4.78, 5) is 29.7. The van der Waals surface area contributed by atoms with Crippen molar-refractivity contribution in [2.24, 2.45) is 5.41 Å². The van der Waals surface area contributed by atoms with Gasteiger partial charge in [-0.15, -0.1) is 0 Å². The molecule has 1 atom stereocenters. The summed E-state index contributed by atoms with van der Waals surface area (Å²) in [5.74, 6) is 0.370. The molecule has 35 heavy (non-hydrogen) atoms. The van der Waals surface area contributed by atoms with E-state index in [-0.39, 0.29) is 5.78 Å². The van der Waals surface area contributed by atoms with Crippen molar-refractivity contribution in [2.75, 3.05) is 14.1 Å². The lowest BCUT2D eigenvalue weighted by atomic mass is 9.65. The zero-order valence-electron chi connectivity index (χ0n) is 21.4. The van der Waals surface area contributed by atoms with Crippen LogP contribution < -0.4 is 0 Å². The molecule has 0 amide bonds. The predicted octanol–water partition coefficient (Wildman–Crippen LogP) is 6.30. The third kappa shape index (κ3) is 3.79. The van der Waals surface area contributed by atoms with Gasteiger partial charge < -0.3 is 4.57 Å². The highest BCUT2D eigenvalue weighted by molar-refractivity contribution is 6.11. The molecule has 0 radical (unpaired) electrons. The van der Waals surface area contributed by atoms with Crippen LogP contribution in [-0.2, 0) is 17.8 Å². The van der Waals surface area contributed by atoms with Crippen LogP contribution in [0.3, 0.4) is 0 Å². The maximum Gasteiger partial charge on any atom is 0.193 e. The van der Waals surface area contributed by atoms with Gasteiger partial charge in [0.15, 0.2) is 11.6 Å². The van der Waals surface area contributed by atoms with Gasteiger partial charge >= 0.3 is 0 Å². The Labute approximate surface area is 208 Å². The van der Waals surface area contributed by atoms with Crippen molar-refractivity contribution in [3.05, 3.63) is 77.0 Å². The summed E-state index contributed by atoms with van der Waals surface area (Å²) < 4.78 is 2.31. The molecule has 0 bridgehead atoms. The van der Waals surface area contributed by atoms with Crippen LogP contribution in [0.4, 0.5) is 0 Å². The number of carbonyl (C=O) groups excluding carboxylic acids is 2. The molecule has 1 unspecified atom stereocenters. The van der Waals surface area contributed by atoms with Crippen molar-refractivity contribution in [1.29, 1.82) is 0 Å². The first-order valence-corrected chi connectivity index (χ1v) is 13.0. The molecule has 0 saturated heterocycles. The number of aryl methyl sites for hydroxylation is 1. The van der Waals surface area contributed by atoms with E-state index in [1.807, 2.05) is 42.5 Å². The maximum absolute atomic E-state index is 14.3. The zero-order valence-corrected chi connectivity index (χ0v) is 21.4. The molecule has 1 aromatic heterocycles. The Hall–Kier alpha value is -2.98. The van der Waals surface area contributed by atoms with E-state index >= 15 is 0 Å². The Morgan fingerprint density at radius 3 is 2.34 bits per heavy atom. The molecule has 2 aliphatic rings. The Kier molecular flexibility index (Phi) is 6.04. The lowest BCUT2D eigenvalue weighted by molar-refractivity contribution is -0.139. The molecule has 0 N–H and O–H groups in total. The molecule has 4 nitrogen and oxygen atoms in total. The number of carbonyl (C=O) groups is 2. The molecule has 1 heterocycles. The van der Waals surface area contributed by atoms with Crippen LogP contribution in [-0.4, -0.2) is 40.7 Å². The normalized spacial score (nSPS) is 21.3. The molecular formula is C31H36N2O2. The van der Waals surface area contributed by atoms with Gasteiger partial charge in [-0.2, -0.15) is 0 Å². The molecular weight excluding hydrogens is 432 g/mol. The van der Waals surface area contributed by atoms with Crippen LogP contribution in [0.15, 0.2) is 54.6 Å². The molecule has 0 aliphatic heterocycles. The molecule has 5 rings (SSSR count). The number of likely N-dealkylation sites (N-methyl/N-ethyl adjacent to an activating group) is 1. The smallest absolute Gasteiger partial charge is 0.193 e. The maximum atomic E-state index is 14.3. The molecule has 182 valence electrons. The standard InChI is InChI=1S/C31H36N2O2/c1-5-33-26-15-14-23(28(34)22-12-8-6-9-13-22)20-24(26)25-21-30(2,19-16-27(25)33)29(35)31(32(3)4)17-10-7-11-18-31/h6,8-9,12-16,19-20H,5,7,10-11,17-18,21H2,1-4H3. The molecule has 2 aliphatic carbocycles. The summed E-state index contributed by atoms with van der Waals surface area (Å²) in [7, 11) is 4.13. The number of aromatic nitrogens is 1. The summed E-state index contributed by atoms with van der Waals surface area (Å²) in [6.07, 6.45) is 10.3. The van der Waals surface area contributed by atoms with Crippen LogP contribution in [0.1, 0.15) is 73.1 Å². The second kappa shape index (κ2) is 8.91. The highest BCUT2D eigenvalue weighted by atomic mass is 16.1. The third-order valence-electron chi connectivity index (χ3n) is 8.46. The monoisotopic (exact) mass is 468 g/mol. The summed E-state index contributed by atoms with van der Waals surface area (Å²) >= 11 is 0. The fourth-order valence-electron chi connectivity index (χ4n) is 6.45. The van der Waals surface area contributed by atoms with E-state index in [2.05, 4.69) is 55.6 Å². The van der Waals surface area contributed by atoms with Crippen molar-refractivity contribution in [1.82, 2.24) is 9.47 Å². The van der Waals surface area contributed by atoms with Gasteiger partial charge in [0.2, 0.25) is 0 Å². The van der Waals surface area contributed by atoms with E-state index in [4.69, 9.17) is 0 Å². The van der Waals surface area contributed by atoms with E-state index in [0.29, 0.717) is 23.3 Å². The van der Waals surface area contributed by atoms with Gasteiger partial charge in [0.25, 0.3) is 0 Å². The van der Waals surface area contributed by atoms with Gasteiger partial charge in [0.05, 0.1) is 11.0 Å². The van der Waals surface area contributed by atoms with E-state index in [0.717, 1.165) is 43.1 Å². The Balaban J connectivity index is 1.59. The lowest BCUT2D eigenvalue weighted by Crippen LogP contribution is -2.57. The average molecular weight is 469 g/mol. The van der Waals surface area contributed by atoms with E-state index in [1.54, 1.807) is 0 Å². The summed E-state index contributed by atoms with van der Waals surface area (Å²) in [5, 5.41) is 1.09. The van der Waals surface area contributed by atoms with Crippen molar-refractivity contribution in [2.45, 2.75) is 64.5 Å². The second-order valence-electron chi connectivity index (χ2n) is 10.8. The average Bonchev–Trinajstić information content (AvgIpc) is 3.20. The van der Waals surface area contributed by atoms with Gasteiger partial charge in [-0.1, -0.05) is 55.7 Å². The van der Waals surface area contributed by atoms with Crippen molar-refractivity contribution in [3.8, 4) is 0 Å². The number of nitrogens with zero attached hydrogens (tertiary/aromatic N) is 2. The van der Waals surface area contributed by atoms with E-state index < -0.39 is 11.0 Å². The van der Waals surface area contributed by atoms with Crippen LogP contribution in [0.25, 0.3) is 17.0 Å². The fraction of sp³-hybridized carbons (Fsp3) is 0.419. The number of fused-ring (bicyclic) bond motifs is 3. The molecule has 1 saturated carbocycles. The first kappa shape index (κ1) is 23.7. The molecule has 0 spiro atoms.